The van der Waals surface area contributed by atoms with Gasteiger partial charge in [-0.15, -0.1) is 0 Å². The van der Waals surface area contributed by atoms with Crippen LogP contribution in [0.25, 0.3) is 0 Å². The zero-order valence-electron chi connectivity index (χ0n) is 12.9. The Labute approximate surface area is 123 Å². The average Bonchev–Trinajstić information content (AvgIpc) is 2.46. The summed E-state index contributed by atoms with van der Waals surface area (Å²) in [5, 5.41) is 0. The van der Waals surface area contributed by atoms with E-state index in [0.29, 0.717) is 0 Å². The number of ketones is 1. The van der Waals surface area contributed by atoms with Crippen molar-refractivity contribution in [2.24, 2.45) is 0 Å². The highest BCUT2D eigenvalue weighted by molar-refractivity contribution is 5.99. The number of likely N-dealkylation sites (tertiary alicyclic amines) is 1. The van der Waals surface area contributed by atoms with Gasteiger partial charge in [0, 0.05) is 5.56 Å². The maximum Gasteiger partial charge on any atom is 0.179 e. The Morgan fingerprint density at radius 1 is 1.05 bits per heavy atom. The van der Waals surface area contributed by atoms with Gasteiger partial charge in [0.15, 0.2) is 5.78 Å². The molecule has 0 bridgehead atoms. The van der Waals surface area contributed by atoms with E-state index in [0.717, 1.165) is 25.1 Å². The molecule has 1 atom stereocenters. The summed E-state index contributed by atoms with van der Waals surface area (Å²) in [6, 6.07) is 8.14. The van der Waals surface area contributed by atoms with Gasteiger partial charge >= 0.3 is 0 Å². The van der Waals surface area contributed by atoms with Gasteiger partial charge in [0.2, 0.25) is 0 Å². The van der Waals surface area contributed by atoms with Gasteiger partial charge < -0.3 is 0 Å². The van der Waals surface area contributed by atoms with E-state index in [-0.39, 0.29) is 11.8 Å². The Morgan fingerprint density at radius 2 is 1.60 bits per heavy atom. The van der Waals surface area contributed by atoms with E-state index >= 15 is 0 Å². The van der Waals surface area contributed by atoms with E-state index in [4.69, 9.17) is 0 Å². The first kappa shape index (κ1) is 15.2. The summed E-state index contributed by atoms with van der Waals surface area (Å²) in [6.45, 7) is 6.34. The molecule has 0 aromatic heterocycles. The Hall–Kier alpha value is -1.15. The summed E-state index contributed by atoms with van der Waals surface area (Å²) < 4.78 is 0. The predicted molar refractivity (Wildman–Crippen MR) is 84.3 cm³/mol. The summed E-state index contributed by atoms with van der Waals surface area (Å²) in [5.74, 6) is 0.272. The molecule has 1 aliphatic rings. The second-order valence-corrected chi connectivity index (χ2v) is 5.89. The SMILES string of the molecule is CCc1ccc(C(=O)C(C)N2CCCCCCC2)cc1. The smallest absolute Gasteiger partial charge is 0.179 e. The summed E-state index contributed by atoms with van der Waals surface area (Å²) in [6.07, 6.45) is 7.45. The molecule has 2 rings (SSSR count). The molecule has 1 saturated heterocycles. The fourth-order valence-corrected chi connectivity index (χ4v) is 2.97. The second kappa shape index (κ2) is 7.58. The van der Waals surface area contributed by atoms with Crippen LogP contribution in [-0.4, -0.2) is 29.8 Å². The number of aryl methyl sites for hydroxylation is 1. The lowest BCUT2D eigenvalue weighted by Crippen LogP contribution is -2.40. The monoisotopic (exact) mass is 273 g/mol. The average molecular weight is 273 g/mol. The molecule has 1 aromatic rings. The molecule has 1 fully saturated rings. The molecular formula is C18H27NO. The number of hydrogen-bond acceptors (Lipinski definition) is 2. The van der Waals surface area contributed by atoms with E-state index in [1.165, 1.54) is 37.7 Å². The van der Waals surface area contributed by atoms with Crippen molar-refractivity contribution in [2.45, 2.75) is 58.4 Å². The first-order valence-electron chi connectivity index (χ1n) is 8.09. The minimum absolute atomic E-state index is 0.0144. The topological polar surface area (TPSA) is 20.3 Å². The maximum atomic E-state index is 12.6. The fraction of sp³-hybridized carbons (Fsp3) is 0.611. The van der Waals surface area contributed by atoms with Crippen molar-refractivity contribution >= 4 is 5.78 Å². The number of Topliss-reactive ketones (excluding diaryl/α,β-unsaturated/α-hetero) is 1. The third-order valence-corrected chi connectivity index (χ3v) is 4.46. The third-order valence-electron chi connectivity index (χ3n) is 4.46. The van der Waals surface area contributed by atoms with Gasteiger partial charge in [-0.2, -0.15) is 0 Å². The number of carbonyl (C=O) groups excluding carboxylic acids is 1. The highest BCUT2D eigenvalue weighted by Crippen LogP contribution is 2.16. The van der Waals surface area contributed by atoms with Gasteiger partial charge in [-0.3, -0.25) is 9.69 Å². The Kier molecular flexibility index (Phi) is 5.78. The van der Waals surface area contributed by atoms with Crippen molar-refractivity contribution in [2.75, 3.05) is 13.1 Å². The van der Waals surface area contributed by atoms with E-state index < -0.39 is 0 Å². The van der Waals surface area contributed by atoms with Crippen molar-refractivity contribution in [3.8, 4) is 0 Å². The van der Waals surface area contributed by atoms with Crippen LogP contribution in [0.3, 0.4) is 0 Å². The van der Waals surface area contributed by atoms with Gasteiger partial charge in [0.05, 0.1) is 6.04 Å². The van der Waals surface area contributed by atoms with Crippen LogP contribution in [0.1, 0.15) is 61.9 Å². The fourth-order valence-electron chi connectivity index (χ4n) is 2.97. The van der Waals surface area contributed by atoms with Crippen LogP contribution in [0, 0.1) is 0 Å². The standard InChI is InChI=1S/C18H27NO/c1-3-16-9-11-17(12-10-16)18(20)15(2)19-13-7-5-4-6-8-14-19/h9-12,15H,3-8,13-14H2,1-2H3. The van der Waals surface area contributed by atoms with Crippen molar-refractivity contribution in [1.82, 2.24) is 4.90 Å². The minimum Gasteiger partial charge on any atom is -0.294 e. The first-order chi connectivity index (χ1) is 9.72. The van der Waals surface area contributed by atoms with Crippen LogP contribution in [0.4, 0.5) is 0 Å². The first-order valence-corrected chi connectivity index (χ1v) is 8.09. The lowest BCUT2D eigenvalue weighted by Gasteiger charge is -2.29. The molecule has 0 spiro atoms. The zero-order valence-corrected chi connectivity index (χ0v) is 12.9. The lowest BCUT2D eigenvalue weighted by atomic mass is 10.00. The van der Waals surface area contributed by atoms with Crippen molar-refractivity contribution in [3.63, 3.8) is 0 Å². The molecule has 0 radical (unpaired) electrons. The molecule has 110 valence electrons. The highest BCUT2D eigenvalue weighted by atomic mass is 16.1. The van der Waals surface area contributed by atoms with Gasteiger partial charge in [-0.25, -0.2) is 0 Å². The molecule has 1 aliphatic heterocycles. The quantitative estimate of drug-likeness (QED) is 0.770. The maximum absolute atomic E-state index is 12.6. The van der Waals surface area contributed by atoms with Gasteiger partial charge in [0.1, 0.15) is 0 Å². The van der Waals surface area contributed by atoms with Crippen LogP contribution in [0.15, 0.2) is 24.3 Å². The molecule has 0 saturated carbocycles. The number of hydrogen-bond donors (Lipinski definition) is 0. The predicted octanol–water partition coefficient (Wildman–Crippen LogP) is 4.09. The molecular weight excluding hydrogens is 246 g/mol. The normalized spacial score (nSPS) is 19.1. The van der Waals surface area contributed by atoms with Crippen LogP contribution >= 0.6 is 0 Å². The van der Waals surface area contributed by atoms with Crippen molar-refractivity contribution in [1.29, 1.82) is 0 Å². The van der Waals surface area contributed by atoms with Gasteiger partial charge in [-0.1, -0.05) is 50.5 Å². The van der Waals surface area contributed by atoms with Crippen molar-refractivity contribution < 1.29 is 4.79 Å². The summed E-state index contributed by atoms with van der Waals surface area (Å²) in [5.41, 5.74) is 2.15. The third kappa shape index (κ3) is 3.92. The van der Waals surface area contributed by atoms with Gasteiger partial charge in [0.25, 0.3) is 0 Å². The molecule has 1 aromatic carbocycles. The van der Waals surface area contributed by atoms with Crippen LogP contribution in [0.5, 0.6) is 0 Å². The van der Waals surface area contributed by atoms with Crippen LogP contribution in [-0.2, 0) is 6.42 Å². The van der Waals surface area contributed by atoms with E-state index in [2.05, 4.69) is 30.9 Å². The summed E-state index contributed by atoms with van der Waals surface area (Å²) >= 11 is 0. The number of rotatable bonds is 4. The van der Waals surface area contributed by atoms with Gasteiger partial charge in [-0.05, 0) is 44.8 Å². The Morgan fingerprint density at radius 3 is 2.15 bits per heavy atom. The summed E-state index contributed by atoms with van der Waals surface area (Å²) in [4.78, 5) is 15.0. The lowest BCUT2D eigenvalue weighted by molar-refractivity contribution is 0.0826. The molecule has 2 heteroatoms. The van der Waals surface area contributed by atoms with Crippen molar-refractivity contribution in [3.05, 3.63) is 35.4 Å². The Bertz CT molecular complexity index is 416. The zero-order chi connectivity index (χ0) is 14.4. The molecule has 20 heavy (non-hydrogen) atoms. The van der Waals surface area contributed by atoms with Crippen LogP contribution in [0.2, 0.25) is 0 Å². The summed E-state index contributed by atoms with van der Waals surface area (Å²) in [7, 11) is 0. The Balaban J connectivity index is 2.01. The van der Waals surface area contributed by atoms with E-state index in [1.54, 1.807) is 0 Å². The molecule has 0 aliphatic carbocycles. The molecule has 1 heterocycles. The minimum atomic E-state index is 0.0144. The van der Waals surface area contributed by atoms with E-state index in [9.17, 15) is 4.79 Å². The highest BCUT2D eigenvalue weighted by Gasteiger charge is 2.22. The molecule has 1 unspecified atom stereocenters. The molecule has 0 N–H and O–H groups in total. The number of benzene rings is 1. The number of nitrogens with zero attached hydrogens (tertiary/aromatic N) is 1. The largest absolute Gasteiger partial charge is 0.294 e. The number of carbonyl (C=O) groups is 1. The molecule has 2 nitrogen and oxygen atoms in total. The van der Waals surface area contributed by atoms with E-state index in [1.807, 2.05) is 12.1 Å². The molecule has 0 amide bonds. The second-order valence-electron chi connectivity index (χ2n) is 5.89. The van der Waals surface area contributed by atoms with Crippen LogP contribution < -0.4 is 0 Å².